The average molecular weight is 297 g/mol. The van der Waals surface area contributed by atoms with E-state index in [-0.39, 0.29) is 0 Å². The van der Waals surface area contributed by atoms with Gasteiger partial charge in [0.1, 0.15) is 6.29 Å². The SMILES string of the molecule is Cc1cc(C=O)ccc1Sc1ccc(Cl)c(Cl)c1. The quantitative estimate of drug-likeness (QED) is 0.718. The fraction of sp³-hybridized carbons (Fsp3) is 0.0714. The number of aryl methyl sites for hydroxylation is 1. The van der Waals surface area contributed by atoms with E-state index in [0.717, 1.165) is 21.6 Å². The van der Waals surface area contributed by atoms with E-state index in [0.29, 0.717) is 15.6 Å². The average Bonchev–Trinajstić information content (AvgIpc) is 2.36. The largest absolute Gasteiger partial charge is 0.298 e. The summed E-state index contributed by atoms with van der Waals surface area (Å²) >= 11 is 13.4. The minimum absolute atomic E-state index is 0.545. The van der Waals surface area contributed by atoms with Crippen LogP contribution in [0.3, 0.4) is 0 Å². The van der Waals surface area contributed by atoms with Crippen LogP contribution in [0, 0.1) is 6.92 Å². The Morgan fingerprint density at radius 1 is 1.06 bits per heavy atom. The summed E-state index contributed by atoms with van der Waals surface area (Å²) in [5.41, 5.74) is 1.75. The van der Waals surface area contributed by atoms with Crippen molar-refractivity contribution in [2.45, 2.75) is 16.7 Å². The molecule has 0 atom stereocenters. The molecule has 0 fully saturated rings. The Morgan fingerprint density at radius 2 is 1.83 bits per heavy atom. The van der Waals surface area contributed by atoms with Gasteiger partial charge in [-0.15, -0.1) is 0 Å². The second-order valence-electron chi connectivity index (χ2n) is 3.82. The first-order valence-corrected chi connectivity index (χ1v) is 6.86. The van der Waals surface area contributed by atoms with Crippen molar-refractivity contribution in [2.75, 3.05) is 0 Å². The fourth-order valence-electron chi connectivity index (χ4n) is 1.53. The van der Waals surface area contributed by atoms with Gasteiger partial charge in [0.05, 0.1) is 10.0 Å². The molecule has 0 N–H and O–H groups in total. The molecule has 2 aromatic carbocycles. The van der Waals surface area contributed by atoms with E-state index in [4.69, 9.17) is 23.2 Å². The summed E-state index contributed by atoms with van der Waals surface area (Å²) < 4.78 is 0. The Balaban J connectivity index is 2.28. The van der Waals surface area contributed by atoms with Crippen molar-refractivity contribution in [3.63, 3.8) is 0 Å². The van der Waals surface area contributed by atoms with Gasteiger partial charge in [0, 0.05) is 15.4 Å². The summed E-state index contributed by atoms with van der Waals surface area (Å²) in [6.45, 7) is 1.98. The van der Waals surface area contributed by atoms with Crippen LogP contribution in [-0.4, -0.2) is 6.29 Å². The van der Waals surface area contributed by atoms with Crippen molar-refractivity contribution >= 4 is 41.2 Å². The normalized spacial score (nSPS) is 10.4. The second-order valence-corrected chi connectivity index (χ2v) is 5.75. The zero-order chi connectivity index (χ0) is 13.1. The van der Waals surface area contributed by atoms with Gasteiger partial charge in [0.25, 0.3) is 0 Å². The molecule has 2 rings (SSSR count). The molecule has 0 bridgehead atoms. The topological polar surface area (TPSA) is 17.1 Å². The lowest BCUT2D eigenvalue weighted by molar-refractivity contribution is 0.112. The number of aldehydes is 1. The molecule has 1 nitrogen and oxygen atoms in total. The van der Waals surface area contributed by atoms with E-state index in [1.54, 1.807) is 23.9 Å². The van der Waals surface area contributed by atoms with Crippen molar-refractivity contribution in [3.05, 3.63) is 57.6 Å². The van der Waals surface area contributed by atoms with Crippen molar-refractivity contribution in [2.24, 2.45) is 0 Å². The van der Waals surface area contributed by atoms with E-state index in [1.165, 1.54) is 0 Å². The molecule has 18 heavy (non-hydrogen) atoms. The van der Waals surface area contributed by atoms with Gasteiger partial charge in [-0.2, -0.15) is 0 Å². The van der Waals surface area contributed by atoms with Crippen LogP contribution in [0.5, 0.6) is 0 Å². The molecule has 2 aromatic rings. The minimum atomic E-state index is 0.545. The van der Waals surface area contributed by atoms with Gasteiger partial charge in [-0.3, -0.25) is 4.79 Å². The Morgan fingerprint density at radius 3 is 2.44 bits per heavy atom. The fourth-order valence-corrected chi connectivity index (χ4v) is 2.81. The van der Waals surface area contributed by atoms with Crippen LogP contribution in [0.1, 0.15) is 15.9 Å². The van der Waals surface area contributed by atoms with Crippen LogP contribution in [0.4, 0.5) is 0 Å². The van der Waals surface area contributed by atoms with Gasteiger partial charge in [-0.1, -0.05) is 41.0 Å². The first-order valence-electron chi connectivity index (χ1n) is 5.29. The lowest BCUT2D eigenvalue weighted by Gasteiger charge is -2.07. The maximum Gasteiger partial charge on any atom is 0.150 e. The van der Waals surface area contributed by atoms with Crippen LogP contribution < -0.4 is 0 Å². The Bertz CT molecular complexity index is 596. The third-order valence-corrected chi connectivity index (χ3v) is 4.36. The van der Waals surface area contributed by atoms with Crippen LogP contribution in [0.15, 0.2) is 46.2 Å². The van der Waals surface area contributed by atoms with Crippen molar-refractivity contribution in [1.82, 2.24) is 0 Å². The summed E-state index contributed by atoms with van der Waals surface area (Å²) in [6.07, 6.45) is 0.848. The number of carbonyl (C=O) groups excluding carboxylic acids is 1. The van der Waals surface area contributed by atoms with Crippen molar-refractivity contribution in [3.8, 4) is 0 Å². The first-order chi connectivity index (χ1) is 8.60. The smallest absolute Gasteiger partial charge is 0.150 e. The highest BCUT2D eigenvalue weighted by atomic mass is 35.5. The highest BCUT2D eigenvalue weighted by molar-refractivity contribution is 7.99. The van der Waals surface area contributed by atoms with Crippen LogP contribution >= 0.6 is 35.0 Å². The van der Waals surface area contributed by atoms with Crippen LogP contribution in [-0.2, 0) is 0 Å². The molecule has 0 amide bonds. The van der Waals surface area contributed by atoms with E-state index < -0.39 is 0 Å². The molecule has 0 radical (unpaired) electrons. The Labute approximate surface area is 120 Å². The van der Waals surface area contributed by atoms with Crippen LogP contribution in [0.25, 0.3) is 0 Å². The van der Waals surface area contributed by atoms with Gasteiger partial charge in [0.15, 0.2) is 0 Å². The number of hydrogen-bond acceptors (Lipinski definition) is 2. The number of carbonyl (C=O) groups is 1. The summed E-state index contributed by atoms with van der Waals surface area (Å²) in [5.74, 6) is 0. The molecule has 92 valence electrons. The maximum absolute atomic E-state index is 10.7. The molecule has 0 saturated carbocycles. The lowest BCUT2D eigenvalue weighted by Crippen LogP contribution is -1.85. The predicted molar refractivity (Wildman–Crippen MR) is 77.2 cm³/mol. The highest BCUT2D eigenvalue weighted by Crippen LogP contribution is 2.34. The lowest BCUT2D eigenvalue weighted by atomic mass is 10.2. The molecule has 0 spiro atoms. The maximum atomic E-state index is 10.7. The monoisotopic (exact) mass is 296 g/mol. The van der Waals surface area contributed by atoms with Gasteiger partial charge >= 0.3 is 0 Å². The molecule has 4 heteroatoms. The van der Waals surface area contributed by atoms with E-state index in [1.807, 2.05) is 31.2 Å². The predicted octanol–water partition coefficient (Wildman–Crippen LogP) is 5.27. The van der Waals surface area contributed by atoms with E-state index in [9.17, 15) is 4.79 Å². The molecular formula is C14H10Cl2OS. The summed E-state index contributed by atoms with van der Waals surface area (Å²) in [6, 6.07) is 11.1. The highest BCUT2D eigenvalue weighted by Gasteiger charge is 2.04. The molecule has 0 heterocycles. The van der Waals surface area contributed by atoms with Gasteiger partial charge in [-0.25, -0.2) is 0 Å². The number of rotatable bonds is 3. The standard InChI is InChI=1S/C14H10Cl2OS/c1-9-6-10(8-17)2-5-14(9)18-11-3-4-12(15)13(16)7-11/h2-8H,1H3. The molecular weight excluding hydrogens is 287 g/mol. The first kappa shape index (κ1) is 13.5. The van der Waals surface area contributed by atoms with E-state index >= 15 is 0 Å². The van der Waals surface area contributed by atoms with Gasteiger partial charge < -0.3 is 0 Å². The number of halogens is 2. The Hall–Kier alpha value is -0.960. The zero-order valence-electron chi connectivity index (χ0n) is 9.61. The number of benzene rings is 2. The molecule has 0 aliphatic carbocycles. The van der Waals surface area contributed by atoms with Crippen molar-refractivity contribution in [1.29, 1.82) is 0 Å². The van der Waals surface area contributed by atoms with Gasteiger partial charge in [-0.05, 0) is 42.8 Å². The molecule has 0 saturated heterocycles. The van der Waals surface area contributed by atoms with E-state index in [2.05, 4.69) is 0 Å². The summed E-state index contributed by atoms with van der Waals surface area (Å²) in [5, 5.41) is 1.10. The summed E-state index contributed by atoms with van der Waals surface area (Å²) in [7, 11) is 0. The summed E-state index contributed by atoms with van der Waals surface area (Å²) in [4.78, 5) is 12.8. The second kappa shape index (κ2) is 5.79. The zero-order valence-corrected chi connectivity index (χ0v) is 11.9. The van der Waals surface area contributed by atoms with Gasteiger partial charge in [0.2, 0.25) is 0 Å². The molecule has 0 aromatic heterocycles. The molecule has 0 aliphatic rings. The molecule has 0 aliphatic heterocycles. The minimum Gasteiger partial charge on any atom is -0.298 e. The molecule has 0 unspecified atom stereocenters. The Kier molecular flexibility index (Phi) is 4.33. The number of hydrogen-bond donors (Lipinski definition) is 0. The van der Waals surface area contributed by atoms with Crippen LogP contribution in [0.2, 0.25) is 10.0 Å². The van der Waals surface area contributed by atoms with Crippen molar-refractivity contribution < 1.29 is 4.79 Å². The third kappa shape index (κ3) is 3.08. The third-order valence-electron chi connectivity index (χ3n) is 2.45.